The van der Waals surface area contributed by atoms with Crippen molar-refractivity contribution in [3.63, 3.8) is 0 Å². The Bertz CT molecular complexity index is 3650. The number of hydrogen-bond acceptors (Lipinski definition) is 11. The van der Waals surface area contributed by atoms with Crippen LogP contribution in [0.1, 0.15) is 93.5 Å². The highest BCUT2D eigenvalue weighted by Crippen LogP contribution is 2.49. The number of para-hydroxylation sites is 1. The Morgan fingerprint density at radius 2 is 1.31 bits per heavy atom. The largest absolute Gasteiger partial charge is 0.465 e. The summed E-state index contributed by atoms with van der Waals surface area (Å²) in [6.45, 7) is 5.37. The minimum atomic E-state index is -5.15. The monoisotopic (exact) mass is 1350 g/mol. The molecule has 6 aromatic rings. The number of rotatable bonds is 26. The number of benzene rings is 6. The Kier molecular flexibility index (Phi) is 23.1. The molecular weight excluding hydrogens is 1270 g/mol. The molecule has 4 aliphatic rings. The van der Waals surface area contributed by atoms with Crippen molar-refractivity contribution in [3.05, 3.63) is 190 Å². The first-order chi connectivity index (χ1) is 46.4. The number of likely N-dealkylation sites (tertiary alicyclic amines) is 2. The summed E-state index contributed by atoms with van der Waals surface area (Å²) < 4.78 is 116. The molecule has 2 N–H and O–H groups in total. The van der Waals surface area contributed by atoms with E-state index in [1.807, 2.05) is 78.9 Å². The second-order valence-corrected chi connectivity index (χ2v) is 25.7. The van der Waals surface area contributed by atoms with Gasteiger partial charge in [0.05, 0.1) is 49.1 Å². The van der Waals surface area contributed by atoms with Crippen molar-refractivity contribution in [1.29, 1.82) is 0 Å². The van der Waals surface area contributed by atoms with Crippen molar-refractivity contribution in [3.8, 4) is 11.1 Å². The number of fused-ring (bicyclic) bond motifs is 2. The van der Waals surface area contributed by atoms with E-state index in [0.29, 0.717) is 126 Å². The summed E-state index contributed by atoms with van der Waals surface area (Å²) in [4.78, 5) is 78.5. The Labute approximate surface area is 560 Å². The minimum absolute atomic E-state index is 0.0242. The number of alkyl halides is 6. The van der Waals surface area contributed by atoms with Gasteiger partial charge in [0.15, 0.2) is 0 Å². The molecule has 518 valence electrons. The Balaban J connectivity index is 0.616. The van der Waals surface area contributed by atoms with E-state index < -0.39 is 64.6 Å². The summed E-state index contributed by atoms with van der Waals surface area (Å²) in [5.41, 5.74) is 0.897. The molecule has 0 bridgehead atoms. The van der Waals surface area contributed by atoms with Gasteiger partial charge in [-0.05, 0) is 141 Å². The van der Waals surface area contributed by atoms with Crippen LogP contribution in [0.25, 0.3) is 11.1 Å². The van der Waals surface area contributed by atoms with Crippen molar-refractivity contribution in [1.82, 2.24) is 29.4 Å². The number of piperidine rings is 2. The van der Waals surface area contributed by atoms with Gasteiger partial charge in [0.1, 0.15) is 24.8 Å². The summed E-state index contributed by atoms with van der Waals surface area (Å²) in [6.07, 6.45) is -7.28. The second-order valence-electron chi connectivity index (χ2n) is 25.7. The van der Waals surface area contributed by atoms with E-state index in [-0.39, 0.29) is 68.5 Å². The first-order valence-corrected chi connectivity index (χ1v) is 32.9. The molecule has 1 spiro atoms. The van der Waals surface area contributed by atoms with Crippen LogP contribution in [0.3, 0.4) is 0 Å². The zero-order valence-corrected chi connectivity index (χ0v) is 54.8. The minimum Gasteiger partial charge on any atom is -0.465 e. The first-order valence-electron chi connectivity index (χ1n) is 32.9. The van der Waals surface area contributed by atoms with Crippen LogP contribution in [0.2, 0.25) is 0 Å². The number of carbonyl (C=O) groups is 5. The van der Waals surface area contributed by atoms with Crippen molar-refractivity contribution < 1.29 is 74.0 Å². The van der Waals surface area contributed by atoms with Gasteiger partial charge in [0, 0.05) is 107 Å². The van der Waals surface area contributed by atoms with E-state index in [4.69, 9.17) is 14.2 Å². The standard InChI is InChI=1S/C73H83F7N8O9/c1-82(33-11-34-84(3)67(91)52-18-24-59(25-19-52)81-32-43-95-42-28-65(89)83(2)40-41-85-35-26-60(27-36-85)88(69(93)94)63-17-10-8-15-61(63)51-12-5-4-6-13-51)66(90)48-96-64-46-53-14-7-9-16-62(53)70(64)29-37-86(38-30-70)39-31-71(55-20-22-58(74)23-21-55)49-87(50-97-71)68(92)54-44-56(72(75,76)77)47-57(45-54)73(78,79)80/h4-10,12-25,44-45,47,60,64,81H,11,26-43,46,48-50H2,1-3H3,(H,93,94)/t64-,71-/m0/s1. The number of carboxylic acid groups (broad SMARTS) is 1. The molecule has 3 heterocycles. The summed E-state index contributed by atoms with van der Waals surface area (Å²) in [6, 6.07) is 38.7. The van der Waals surface area contributed by atoms with Crippen LogP contribution in [0, 0.1) is 5.82 Å². The molecule has 5 amide bonds. The smallest absolute Gasteiger partial charge is 0.416 e. The quantitative estimate of drug-likeness (QED) is 0.0390. The first kappa shape index (κ1) is 71.4. The molecule has 17 nitrogen and oxygen atoms in total. The molecule has 1 aliphatic carbocycles. The lowest BCUT2D eigenvalue weighted by Gasteiger charge is -2.44. The fraction of sp³-hybridized carbons (Fsp3) is 0.438. The summed E-state index contributed by atoms with van der Waals surface area (Å²) >= 11 is 0. The SMILES string of the molecule is CN(CCN1CCC(N(C(=O)O)c2ccccc2-c2ccccc2)CC1)C(=O)CCOCCNc1ccc(C(=O)N(C)CCCN(C)C(=O)CO[C@H]2Cc3ccccc3C23CCN(CC[C@@]2(c4ccc(F)cc4)CN(C(=O)c4cc(C(F)(F)F)cc(C(F)(F)F)c4)CO2)CC3)cc1. The number of amides is 5. The number of halogens is 7. The molecule has 24 heteroatoms. The predicted octanol–water partition coefficient (Wildman–Crippen LogP) is 11.8. The Hall–Kier alpha value is -8.42. The van der Waals surface area contributed by atoms with E-state index in [1.165, 1.54) is 29.2 Å². The summed E-state index contributed by atoms with van der Waals surface area (Å²) in [5, 5.41) is 13.6. The van der Waals surface area contributed by atoms with Crippen LogP contribution in [0.4, 0.5) is 46.9 Å². The molecule has 3 saturated heterocycles. The normalized spacial score (nSPS) is 18.2. The third-order valence-electron chi connectivity index (χ3n) is 19.5. The molecule has 0 aromatic heterocycles. The highest BCUT2D eigenvalue weighted by molar-refractivity contribution is 5.96. The zero-order chi connectivity index (χ0) is 69.1. The number of hydrogen-bond donors (Lipinski definition) is 2. The topological polar surface area (TPSA) is 168 Å². The molecule has 6 aromatic carbocycles. The predicted molar refractivity (Wildman–Crippen MR) is 352 cm³/mol. The van der Waals surface area contributed by atoms with Crippen molar-refractivity contribution >= 4 is 41.1 Å². The molecular formula is C73H83F7N8O9. The van der Waals surface area contributed by atoms with Gasteiger partial charge in [-0.25, -0.2) is 9.18 Å². The van der Waals surface area contributed by atoms with E-state index in [9.17, 15) is 59.8 Å². The lowest BCUT2D eigenvalue weighted by Crippen LogP contribution is -2.50. The van der Waals surface area contributed by atoms with Crippen LogP contribution in [0.15, 0.2) is 146 Å². The van der Waals surface area contributed by atoms with Crippen LogP contribution in [-0.4, -0.2) is 196 Å². The maximum absolute atomic E-state index is 14.2. The molecule has 3 fully saturated rings. The number of carbonyl (C=O) groups excluding carboxylic acids is 4. The van der Waals surface area contributed by atoms with Crippen LogP contribution in [-0.2, 0) is 53.6 Å². The highest BCUT2D eigenvalue weighted by atomic mass is 19.4. The molecule has 0 saturated carbocycles. The van der Waals surface area contributed by atoms with Crippen LogP contribution in [0.5, 0.6) is 0 Å². The second kappa shape index (κ2) is 31.4. The lowest BCUT2D eigenvalue weighted by atomic mass is 9.72. The maximum Gasteiger partial charge on any atom is 0.416 e. The van der Waals surface area contributed by atoms with E-state index in [0.717, 1.165) is 45.9 Å². The van der Waals surface area contributed by atoms with Crippen molar-refractivity contribution in [2.24, 2.45) is 0 Å². The van der Waals surface area contributed by atoms with E-state index in [1.54, 1.807) is 48.0 Å². The number of anilines is 2. The van der Waals surface area contributed by atoms with Crippen molar-refractivity contribution in [2.75, 3.05) is 130 Å². The van der Waals surface area contributed by atoms with Gasteiger partial charge < -0.3 is 54.0 Å². The van der Waals surface area contributed by atoms with Gasteiger partial charge in [0.2, 0.25) is 11.8 Å². The van der Waals surface area contributed by atoms with E-state index >= 15 is 0 Å². The van der Waals surface area contributed by atoms with Crippen LogP contribution >= 0.6 is 0 Å². The fourth-order valence-corrected chi connectivity index (χ4v) is 13.8. The number of nitrogens with zero attached hydrogens (tertiary/aromatic N) is 7. The third kappa shape index (κ3) is 17.5. The van der Waals surface area contributed by atoms with Gasteiger partial charge in [-0.1, -0.05) is 84.9 Å². The molecule has 10 rings (SSSR count). The third-order valence-corrected chi connectivity index (χ3v) is 19.5. The fourth-order valence-electron chi connectivity index (χ4n) is 13.8. The number of likely N-dealkylation sites (N-methyl/N-ethyl adjacent to an activating group) is 2. The molecule has 0 unspecified atom stereocenters. The Morgan fingerprint density at radius 1 is 0.680 bits per heavy atom. The average molecular weight is 1350 g/mol. The zero-order valence-electron chi connectivity index (χ0n) is 54.8. The highest BCUT2D eigenvalue weighted by Gasteiger charge is 2.50. The number of ether oxygens (including phenoxy) is 3. The maximum atomic E-state index is 14.2. The average Bonchev–Trinajstić information content (AvgIpc) is 1.61. The Morgan fingerprint density at radius 3 is 1.99 bits per heavy atom. The summed E-state index contributed by atoms with van der Waals surface area (Å²) in [5.74, 6) is -2.01. The van der Waals surface area contributed by atoms with E-state index in [2.05, 4.69) is 27.2 Å². The van der Waals surface area contributed by atoms with Gasteiger partial charge in [-0.15, -0.1) is 0 Å². The molecule has 97 heavy (non-hydrogen) atoms. The molecule has 2 atom stereocenters. The van der Waals surface area contributed by atoms with Gasteiger partial charge in [-0.2, -0.15) is 26.3 Å². The summed E-state index contributed by atoms with van der Waals surface area (Å²) in [7, 11) is 5.21. The number of nitrogens with one attached hydrogen (secondary N) is 1. The molecule has 0 radical (unpaired) electrons. The van der Waals surface area contributed by atoms with Gasteiger partial charge in [-0.3, -0.25) is 24.1 Å². The lowest BCUT2D eigenvalue weighted by molar-refractivity contribution is -0.143. The van der Waals surface area contributed by atoms with Crippen LogP contribution < -0.4 is 10.2 Å². The van der Waals surface area contributed by atoms with Crippen molar-refractivity contribution in [2.45, 2.75) is 86.9 Å². The van der Waals surface area contributed by atoms with Gasteiger partial charge in [0.25, 0.3) is 11.8 Å². The molecule has 3 aliphatic heterocycles. The van der Waals surface area contributed by atoms with Gasteiger partial charge >= 0.3 is 18.4 Å².